The minimum atomic E-state index is -0.148. The van der Waals surface area contributed by atoms with Gasteiger partial charge in [-0.15, -0.1) is 0 Å². The van der Waals surface area contributed by atoms with Crippen LogP contribution in [0.15, 0.2) is 12.2 Å². The molecule has 0 N–H and O–H groups in total. The van der Waals surface area contributed by atoms with Gasteiger partial charge in [0.05, 0.1) is 0 Å². The lowest BCUT2D eigenvalue weighted by atomic mass is 9.55. The predicted molar refractivity (Wildman–Crippen MR) is 66.4 cm³/mol. The Hall–Kier alpha value is -0.790. The Bertz CT molecular complexity index is 317. The molecule has 17 heavy (non-hydrogen) atoms. The molecule has 2 heteroatoms. The van der Waals surface area contributed by atoms with Gasteiger partial charge in [0.25, 0.3) is 0 Å². The molecule has 0 atom stereocenters. The van der Waals surface area contributed by atoms with Crippen LogP contribution in [0.5, 0.6) is 0 Å². The third kappa shape index (κ3) is 1.92. The number of hydrogen-bond donors (Lipinski definition) is 0. The standard InChI is InChI=1S/C15H22O2/c1-3-9(2)15(16)17-14-12-5-10-4-11(7-12)8-13(14)6-10/h10-14H,2-8H2,1H3. The third-order valence-corrected chi connectivity index (χ3v) is 5.10. The van der Waals surface area contributed by atoms with Crippen molar-refractivity contribution in [3.8, 4) is 0 Å². The summed E-state index contributed by atoms with van der Waals surface area (Å²) in [5, 5.41) is 0. The van der Waals surface area contributed by atoms with Crippen LogP contribution in [0.2, 0.25) is 0 Å². The van der Waals surface area contributed by atoms with Gasteiger partial charge in [-0.2, -0.15) is 0 Å². The van der Waals surface area contributed by atoms with Crippen LogP contribution in [-0.2, 0) is 9.53 Å². The van der Waals surface area contributed by atoms with Crippen LogP contribution < -0.4 is 0 Å². The van der Waals surface area contributed by atoms with Crippen LogP contribution in [0.4, 0.5) is 0 Å². The molecule has 0 radical (unpaired) electrons. The van der Waals surface area contributed by atoms with Gasteiger partial charge in [0.1, 0.15) is 6.10 Å². The second-order valence-corrected chi connectivity index (χ2v) is 6.26. The maximum Gasteiger partial charge on any atom is 0.333 e. The van der Waals surface area contributed by atoms with Crippen molar-refractivity contribution in [2.24, 2.45) is 23.7 Å². The van der Waals surface area contributed by atoms with E-state index in [1.165, 1.54) is 32.1 Å². The number of rotatable bonds is 3. The molecule has 0 aromatic carbocycles. The van der Waals surface area contributed by atoms with Crippen LogP contribution in [-0.4, -0.2) is 12.1 Å². The van der Waals surface area contributed by atoms with E-state index in [0.29, 0.717) is 23.8 Å². The SMILES string of the molecule is C=C(CC)C(=O)OC1C2CC3CC(C2)CC1C3. The summed E-state index contributed by atoms with van der Waals surface area (Å²) in [5.74, 6) is 3.02. The van der Waals surface area contributed by atoms with E-state index < -0.39 is 0 Å². The van der Waals surface area contributed by atoms with E-state index in [1.807, 2.05) is 6.92 Å². The number of carbonyl (C=O) groups is 1. The molecule has 94 valence electrons. The number of hydrogen-bond acceptors (Lipinski definition) is 2. The fourth-order valence-corrected chi connectivity index (χ4v) is 4.42. The van der Waals surface area contributed by atoms with Gasteiger partial charge in [0.15, 0.2) is 0 Å². The molecular formula is C15H22O2. The van der Waals surface area contributed by atoms with Gasteiger partial charge in [-0.25, -0.2) is 4.79 Å². The molecule has 0 unspecified atom stereocenters. The van der Waals surface area contributed by atoms with Crippen LogP contribution >= 0.6 is 0 Å². The number of ether oxygens (including phenoxy) is 1. The van der Waals surface area contributed by atoms with E-state index in [9.17, 15) is 4.79 Å². The van der Waals surface area contributed by atoms with Gasteiger partial charge in [-0.05, 0) is 62.2 Å². The molecule has 2 nitrogen and oxygen atoms in total. The Kier molecular flexibility index (Phi) is 2.76. The zero-order valence-corrected chi connectivity index (χ0v) is 10.7. The maximum atomic E-state index is 11.8. The molecule has 0 aromatic heterocycles. The molecule has 0 spiro atoms. The number of esters is 1. The first-order valence-electron chi connectivity index (χ1n) is 7.06. The van der Waals surface area contributed by atoms with E-state index >= 15 is 0 Å². The highest BCUT2D eigenvalue weighted by molar-refractivity contribution is 5.87. The second-order valence-electron chi connectivity index (χ2n) is 6.26. The van der Waals surface area contributed by atoms with E-state index in [2.05, 4.69) is 6.58 Å². The zero-order chi connectivity index (χ0) is 12.0. The molecule has 4 rings (SSSR count). The molecule has 0 heterocycles. The maximum absolute atomic E-state index is 11.8. The quantitative estimate of drug-likeness (QED) is 0.553. The molecule has 4 aliphatic carbocycles. The first kappa shape index (κ1) is 11.3. The molecule has 4 saturated carbocycles. The minimum Gasteiger partial charge on any atom is -0.458 e. The highest BCUT2D eigenvalue weighted by Crippen LogP contribution is 2.54. The Labute approximate surface area is 103 Å². The summed E-state index contributed by atoms with van der Waals surface area (Å²) in [6.07, 6.45) is 7.53. The third-order valence-electron chi connectivity index (χ3n) is 5.10. The topological polar surface area (TPSA) is 26.3 Å². The van der Waals surface area contributed by atoms with Crippen molar-refractivity contribution in [2.45, 2.75) is 51.6 Å². The predicted octanol–water partition coefficient (Wildman–Crippen LogP) is 3.32. The molecule has 0 aliphatic heterocycles. The lowest BCUT2D eigenvalue weighted by Gasteiger charge is -2.53. The molecular weight excluding hydrogens is 212 g/mol. The monoisotopic (exact) mass is 234 g/mol. The van der Waals surface area contributed by atoms with Gasteiger partial charge in [-0.3, -0.25) is 0 Å². The van der Waals surface area contributed by atoms with Crippen molar-refractivity contribution < 1.29 is 9.53 Å². The summed E-state index contributed by atoms with van der Waals surface area (Å²) in [6, 6.07) is 0. The van der Waals surface area contributed by atoms with E-state index in [0.717, 1.165) is 11.8 Å². The largest absolute Gasteiger partial charge is 0.458 e. The van der Waals surface area contributed by atoms with Crippen LogP contribution in [0.1, 0.15) is 45.4 Å². The minimum absolute atomic E-state index is 0.148. The first-order chi connectivity index (χ1) is 8.17. The Balaban J connectivity index is 1.68. The first-order valence-corrected chi connectivity index (χ1v) is 7.06. The van der Waals surface area contributed by atoms with Crippen molar-refractivity contribution in [3.63, 3.8) is 0 Å². The summed E-state index contributed by atoms with van der Waals surface area (Å²) in [5.41, 5.74) is 0.624. The summed E-state index contributed by atoms with van der Waals surface area (Å²) < 4.78 is 5.74. The van der Waals surface area contributed by atoms with Gasteiger partial charge in [0, 0.05) is 5.57 Å². The van der Waals surface area contributed by atoms with Crippen molar-refractivity contribution >= 4 is 5.97 Å². The molecule has 4 bridgehead atoms. The van der Waals surface area contributed by atoms with E-state index in [-0.39, 0.29) is 12.1 Å². The van der Waals surface area contributed by atoms with Gasteiger partial charge >= 0.3 is 5.97 Å². The smallest absolute Gasteiger partial charge is 0.333 e. The molecule has 0 aromatic rings. The summed E-state index contributed by atoms with van der Waals surface area (Å²) in [7, 11) is 0. The van der Waals surface area contributed by atoms with Gasteiger partial charge in [0.2, 0.25) is 0 Å². The van der Waals surface area contributed by atoms with E-state index in [1.54, 1.807) is 0 Å². The fourth-order valence-electron chi connectivity index (χ4n) is 4.42. The van der Waals surface area contributed by atoms with Gasteiger partial charge in [-0.1, -0.05) is 13.5 Å². The van der Waals surface area contributed by atoms with Crippen LogP contribution in [0.25, 0.3) is 0 Å². The van der Waals surface area contributed by atoms with Crippen LogP contribution in [0.3, 0.4) is 0 Å². The zero-order valence-electron chi connectivity index (χ0n) is 10.7. The average molecular weight is 234 g/mol. The average Bonchev–Trinajstić information content (AvgIpc) is 2.31. The Morgan fingerprint density at radius 1 is 1.12 bits per heavy atom. The highest BCUT2D eigenvalue weighted by atomic mass is 16.5. The van der Waals surface area contributed by atoms with Crippen molar-refractivity contribution in [1.82, 2.24) is 0 Å². The molecule has 0 saturated heterocycles. The Morgan fingerprint density at radius 3 is 2.12 bits per heavy atom. The van der Waals surface area contributed by atoms with Crippen molar-refractivity contribution in [2.75, 3.05) is 0 Å². The summed E-state index contributed by atoms with van der Waals surface area (Å²) in [6.45, 7) is 5.74. The Morgan fingerprint density at radius 2 is 1.65 bits per heavy atom. The molecule has 4 fully saturated rings. The second kappa shape index (κ2) is 4.15. The highest BCUT2D eigenvalue weighted by Gasteiger charge is 2.49. The van der Waals surface area contributed by atoms with Gasteiger partial charge < -0.3 is 4.74 Å². The summed E-state index contributed by atoms with van der Waals surface area (Å²) in [4.78, 5) is 11.8. The van der Waals surface area contributed by atoms with Crippen molar-refractivity contribution in [1.29, 1.82) is 0 Å². The lowest BCUT2D eigenvalue weighted by Crippen LogP contribution is -2.50. The van der Waals surface area contributed by atoms with E-state index in [4.69, 9.17) is 4.74 Å². The summed E-state index contributed by atoms with van der Waals surface area (Å²) >= 11 is 0. The fraction of sp³-hybridized carbons (Fsp3) is 0.800. The number of carbonyl (C=O) groups excluding carboxylic acids is 1. The molecule has 0 amide bonds. The van der Waals surface area contributed by atoms with Crippen molar-refractivity contribution in [3.05, 3.63) is 12.2 Å². The lowest BCUT2D eigenvalue weighted by molar-refractivity contribution is -0.166. The van der Waals surface area contributed by atoms with Crippen LogP contribution in [0, 0.1) is 23.7 Å². The molecule has 4 aliphatic rings. The normalized spacial score (nSPS) is 42.5.